The van der Waals surface area contributed by atoms with Crippen LogP contribution in [0.1, 0.15) is 65.4 Å². The summed E-state index contributed by atoms with van der Waals surface area (Å²) < 4.78 is 17.0. The lowest BCUT2D eigenvalue weighted by atomic mass is 9.92. The van der Waals surface area contributed by atoms with Crippen LogP contribution in [0.3, 0.4) is 0 Å². The van der Waals surface area contributed by atoms with E-state index in [0.29, 0.717) is 39.1 Å². The summed E-state index contributed by atoms with van der Waals surface area (Å²) in [7, 11) is 0. The topological polar surface area (TPSA) is 56.8 Å². The van der Waals surface area contributed by atoms with Crippen molar-refractivity contribution in [1.29, 1.82) is 0 Å². The lowest BCUT2D eigenvalue weighted by molar-refractivity contribution is -0.115. The second-order valence-corrected chi connectivity index (χ2v) is 9.04. The van der Waals surface area contributed by atoms with Crippen molar-refractivity contribution in [1.82, 2.24) is 5.32 Å². The Morgan fingerprint density at radius 2 is 1.59 bits per heavy atom. The van der Waals surface area contributed by atoms with Gasteiger partial charge in [-0.15, -0.1) is 0 Å². The second-order valence-electron chi connectivity index (χ2n) is 9.04. The smallest absolute Gasteiger partial charge is 0.125 e. The van der Waals surface area contributed by atoms with Crippen LogP contribution in [0.4, 0.5) is 0 Å². The summed E-state index contributed by atoms with van der Waals surface area (Å²) in [6.07, 6.45) is 5.91. The minimum absolute atomic E-state index is 0.189. The van der Waals surface area contributed by atoms with Gasteiger partial charge in [-0.25, -0.2) is 0 Å². The van der Waals surface area contributed by atoms with Gasteiger partial charge in [0.1, 0.15) is 12.0 Å². The van der Waals surface area contributed by atoms with Gasteiger partial charge in [0.2, 0.25) is 0 Å². The molecule has 0 atom stereocenters. The zero-order chi connectivity index (χ0) is 21.2. The minimum Gasteiger partial charge on any atom is -0.494 e. The molecule has 0 unspecified atom stereocenters. The summed E-state index contributed by atoms with van der Waals surface area (Å²) in [5.74, 6) is 0.917. The maximum absolute atomic E-state index is 10.8. The van der Waals surface area contributed by atoms with Gasteiger partial charge in [-0.1, -0.05) is 39.8 Å². The summed E-state index contributed by atoms with van der Waals surface area (Å²) in [4.78, 5) is 10.8. The van der Waals surface area contributed by atoms with Crippen LogP contribution in [0, 0.1) is 5.41 Å². The Hall–Kier alpha value is -1.43. The van der Waals surface area contributed by atoms with Crippen LogP contribution in [-0.2, 0) is 19.8 Å². The normalized spacial score (nSPS) is 15.5. The number of carbonyl (C=O) groups is 1. The molecule has 1 N–H and O–H groups in total. The fourth-order valence-electron chi connectivity index (χ4n) is 3.28. The van der Waals surface area contributed by atoms with Gasteiger partial charge in [-0.05, 0) is 43.4 Å². The lowest BCUT2D eigenvalue weighted by Gasteiger charge is -2.21. The third-order valence-electron chi connectivity index (χ3n) is 5.21. The van der Waals surface area contributed by atoms with Gasteiger partial charge in [0, 0.05) is 49.8 Å². The average Bonchev–Trinajstić information content (AvgIpc) is 3.46. The molecule has 0 heterocycles. The Bertz CT molecular complexity index is 593. The molecule has 1 saturated carbocycles. The number of nitrogens with one attached hydrogen (secondary N) is 1. The molecule has 0 aromatic heterocycles. The van der Waals surface area contributed by atoms with Crippen molar-refractivity contribution in [2.45, 2.75) is 71.4 Å². The Labute approximate surface area is 176 Å². The molecule has 1 fully saturated rings. The number of hydrogen-bond donors (Lipinski definition) is 1. The molecule has 29 heavy (non-hydrogen) atoms. The predicted molar refractivity (Wildman–Crippen MR) is 116 cm³/mol. The van der Waals surface area contributed by atoms with Crippen molar-refractivity contribution in [3.05, 3.63) is 29.8 Å². The molecule has 2 rings (SSSR count). The molecular formula is C24H39NO4. The van der Waals surface area contributed by atoms with E-state index in [1.807, 2.05) is 13.8 Å². The van der Waals surface area contributed by atoms with Gasteiger partial charge in [0.15, 0.2) is 0 Å². The second kappa shape index (κ2) is 11.7. The van der Waals surface area contributed by atoms with Gasteiger partial charge in [-0.2, -0.15) is 0 Å². The fourth-order valence-corrected chi connectivity index (χ4v) is 3.28. The Kier molecular flexibility index (Phi) is 9.60. The maximum atomic E-state index is 10.8. The molecule has 5 nitrogen and oxygen atoms in total. The van der Waals surface area contributed by atoms with Crippen LogP contribution in [0.2, 0.25) is 0 Å². The van der Waals surface area contributed by atoms with E-state index in [1.165, 1.54) is 18.4 Å². The van der Waals surface area contributed by atoms with Crippen LogP contribution >= 0.6 is 0 Å². The van der Waals surface area contributed by atoms with E-state index in [1.54, 1.807) is 0 Å². The van der Waals surface area contributed by atoms with Crippen molar-refractivity contribution >= 4 is 6.29 Å². The summed E-state index contributed by atoms with van der Waals surface area (Å²) in [5.41, 5.74) is 1.26. The Balaban J connectivity index is 1.47. The molecule has 0 aliphatic heterocycles. The summed E-state index contributed by atoms with van der Waals surface area (Å²) >= 11 is 0. The van der Waals surface area contributed by atoms with Crippen molar-refractivity contribution in [2.24, 2.45) is 5.41 Å². The van der Waals surface area contributed by atoms with E-state index in [2.05, 4.69) is 43.4 Å². The van der Waals surface area contributed by atoms with Crippen LogP contribution in [-0.4, -0.2) is 45.4 Å². The number of ether oxygens (including phenoxy) is 3. The number of hydrogen-bond acceptors (Lipinski definition) is 5. The van der Waals surface area contributed by atoms with Gasteiger partial charge in [-0.3, -0.25) is 0 Å². The van der Waals surface area contributed by atoms with E-state index in [4.69, 9.17) is 14.2 Å². The average molecular weight is 406 g/mol. The molecule has 1 aromatic rings. The maximum Gasteiger partial charge on any atom is 0.125 e. The molecule has 0 bridgehead atoms. The third-order valence-corrected chi connectivity index (χ3v) is 5.21. The molecule has 0 spiro atoms. The van der Waals surface area contributed by atoms with E-state index in [0.717, 1.165) is 31.3 Å². The molecule has 1 aromatic carbocycles. The molecular weight excluding hydrogens is 366 g/mol. The van der Waals surface area contributed by atoms with E-state index in [-0.39, 0.29) is 11.0 Å². The highest BCUT2D eigenvalue weighted by Crippen LogP contribution is 2.46. The van der Waals surface area contributed by atoms with Crippen molar-refractivity contribution in [2.75, 3.05) is 33.0 Å². The minimum atomic E-state index is -0.291. The Morgan fingerprint density at radius 3 is 2.14 bits per heavy atom. The molecule has 0 radical (unpaired) electrons. The molecule has 0 saturated heterocycles. The first-order valence-corrected chi connectivity index (χ1v) is 11.0. The number of benzene rings is 1. The van der Waals surface area contributed by atoms with Crippen LogP contribution < -0.4 is 10.1 Å². The van der Waals surface area contributed by atoms with Crippen molar-refractivity contribution in [3.63, 3.8) is 0 Å². The Morgan fingerprint density at radius 1 is 1.00 bits per heavy atom. The van der Waals surface area contributed by atoms with Crippen molar-refractivity contribution in [3.8, 4) is 5.75 Å². The highest BCUT2D eigenvalue weighted by Gasteiger charge is 2.44. The fraction of sp³-hybridized carbons (Fsp3) is 0.708. The first kappa shape index (κ1) is 23.8. The molecule has 164 valence electrons. The molecule has 0 amide bonds. The van der Waals surface area contributed by atoms with Gasteiger partial charge < -0.3 is 24.3 Å². The number of rotatable bonds is 16. The van der Waals surface area contributed by atoms with Gasteiger partial charge in [0.05, 0.1) is 6.61 Å². The zero-order valence-corrected chi connectivity index (χ0v) is 18.7. The first-order chi connectivity index (χ1) is 13.9. The van der Waals surface area contributed by atoms with Gasteiger partial charge in [0.25, 0.3) is 0 Å². The van der Waals surface area contributed by atoms with E-state index >= 15 is 0 Å². The van der Waals surface area contributed by atoms with Gasteiger partial charge >= 0.3 is 0 Å². The standard InChI is InChI=1S/C24H39NO4/c1-20(2)25-24(11-12-24)21-7-9-22(10-8-21)29-17-6-16-27-14-5-15-28-18-13-23(3,4)19-26/h7-10,19-20,25H,5-6,11-18H2,1-4H3. The highest BCUT2D eigenvalue weighted by molar-refractivity contribution is 5.57. The molecule has 1 aliphatic carbocycles. The monoisotopic (exact) mass is 405 g/mol. The quantitative estimate of drug-likeness (QED) is 0.325. The largest absolute Gasteiger partial charge is 0.494 e. The SMILES string of the molecule is CC(C)NC1(c2ccc(OCCCOCCCOCCC(C)(C)C=O)cc2)CC1. The zero-order valence-electron chi connectivity index (χ0n) is 18.7. The van der Waals surface area contributed by atoms with Crippen LogP contribution in [0.5, 0.6) is 5.75 Å². The summed E-state index contributed by atoms with van der Waals surface area (Å²) in [6.45, 7) is 11.6. The van der Waals surface area contributed by atoms with E-state index < -0.39 is 0 Å². The lowest BCUT2D eigenvalue weighted by Crippen LogP contribution is -2.34. The summed E-state index contributed by atoms with van der Waals surface area (Å²) in [6, 6.07) is 9.01. The highest BCUT2D eigenvalue weighted by atomic mass is 16.5. The predicted octanol–water partition coefficient (Wildman–Crippen LogP) is 4.48. The number of carbonyl (C=O) groups excluding carboxylic acids is 1. The summed E-state index contributed by atoms with van der Waals surface area (Å²) in [5, 5.41) is 3.68. The molecule has 1 aliphatic rings. The van der Waals surface area contributed by atoms with Crippen LogP contribution in [0.25, 0.3) is 0 Å². The number of aldehydes is 1. The van der Waals surface area contributed by atoms with Crippen LogP contribution in [0.15, 0.2) is 24.3 Å². The molecule has 5 heteroatoms. The van der Waals surface area contributed by atoms with Crippen molar-refractivity contribution < 1.29 is 19.0 Å². The first-order valence-electron chi connectivity index (χ1n) is 11.0. The third kappa shape index (κ3) is 8.85. The van der Waals surface area contributed by atoms with E-state index in [9.17, 15) is 4.79 Å².